The van der Waals surface area contributed by atoms with E-state index in [2.05, 4.69) is 62.4 Å². The lowest BCUT2D eigenvalue weighted by atomic mass is 9.75. The van der Waals surface area contributed by atoms with E-state index in [0.717, 1.165) is 11.3 Å². The quantitative estimate of drug-likeness (QED) is 0.411. The summed E-state index contributed by atoms with van der Waals surface area (Å²) >= 11 is 0. The molecule has 0 bridgehead atoms. The van der Waals surface area contributed by atoms with Gasteiger partial charge in [-0.05, 0) is 70.5 Å². The Hall–Kier alpha value is -3.07. The maximum absolute atomic E-state index is 10.9. The SMILES string of the molecule is CC1(C)CCCC1c1cc(COc2cccc(CCC(=O)O)c2)ccc1-c1ccccc1. The van der Waals surface area contributed by atoms with Gasteiger partial charge in [-0.2, -0.15) is 0 Å². The Morgan fingerprint density at radius 3 is 2.53 bits per heavy atom. The highest BCUT2D eigenvalue weighted by atomic mass is 16.5. The molecule has 0 radical (unpaired) electrons. The molecule has 1 atom stereocenters. The van der Waals surface area contributed by atoms with Gasteiger partial charge in [0.1, 0.15) is 12.4 Å². The molecular weight excluding hydrogens is 396 g/mol. The highest BCUT2D eigenvalue weighted by Gasteiger charge is 2.36. The minimum absolute atomic E-state index is 0.130. The van der Waals surface area contributed by atoms with Crippen LogP contribution in [0.4, 0.5) is 0 Å². The highest BCUT2D eigenvalue weighted by molar-refractivity contribution is 5.69. The number of carboxylic acid groups (broad SMARTS) is 1. The largest absolute Gasteiger partial charge is 0.489 e. The van der Waals surface area contributed by atoms with Gasteiger partial charge in [-0.1, -0.05) is 80.9 Å². The Labute approximate surface area is 191 Å². The number of ether oxygens (including phenoxy) is 1. The van der Waals surface area contributed by atoms with E-state index in [9.17, 15) is 4.79 Å². The van der Waals surface area contributed by atoms with Crippen LogP contribution in [0.2, 0.25) is 0 Å². The Morgan fingerprint density at radius 2 is 1.81 bits per heavy atom. The zero-order valence-electron chi connectivity index (χ0n) is 19.0. The van der Waals surface area contributed by atoms with Crippen LogP contribution in [0.5, 0.6) is 5.75 Å². The molecule has 3 heteroatoms. The molecule has 0 aromatic heterocycles. The van der Waals surface area contributed by atoms with Crippen LogP contribution in [-0.4, -0.2) is 11.1 Å². The van der Waals surface area contributed by atoms with Crippen molar-refractivity contribution in [3.05, 3.63) is 89.5 Å². The van der Waals surface area contributed by atoms with Crippen LogP contribution in [0, 0.1) is 5.41 Å². The van der Waals surface area contributed by atoms with Crippen molar-refractivity contribution in [3.8, 4) is 16.9 Å². The lowest BCUT2D eigenvalue weighted by Gasteiger charge is -2.30. The first-order valence-electron chi connectivity index (χ1n) is 11.5. The van der Waals surface area contributed by atoms with Gasteiger partial charge < -0.3 is 9.84 Å². The molecule has 1 unspecified atom stereocenters. The van der Waals surface area contributed by atoms with Gasteiger partial charge in [0.2, 0.25) is 0 Å². The average Bonchev–Trinajstić information content (AvgIpc) is 3.16. The number of rotatable bonds is 8. The standard InChI is InChI=1S/C29H32O3/c1-29(2)17-7-12-27(29)26-19-22(13-15-25(26)23-9-4-3-5-10-23)20-32-24-11-6-8-21(18-24)14-16-28(30)31/h3-6,8-11,13,15,18-19,27H,7,12,14,16-17,20H2,1-2H3,(H,30,31). The number of carboxylic acids is 1. The molecule has 1 aliphatic carbocycles. The number of hydrogen-bond donors (Lipinski definition) is 1. The first-order valence-corrected chi connectivity index (χ1v) is 11.5. The molecule has 0 heterocycles. The van der Waals surface area contributed by atoms with E-state index in [1.54, 1.807) is 0 Å². The maximum atomic E-state index is 10.9. The lowest BCUT2D eigenvalue weighted by Crippen LogP contribution is -2.16. The van der Waals surface area contributed by atoms with Crippen molar-refractivity contribution in [1.82, 2.24) is 0 Å². The van der Waals surface area contributed by atoms with Gasteiger partial charge in [-0.3, -0.25) is 4.79 Å². The lowest BCUT2D eigenvalue weighted by molar-refractivity contribution is -0.136. The molecule has 0 spiro atoms. The van der Waals surface area contributed by atoms with Crippen LogP contribution in [0.1, 0.15) is 62.1 Å². The summed E-state index contributed by atoms with van der Waals surface area (Å²) in [5.41, 5.74) is 6.46. The second-order valence-electron chi connectivity index (χ2n) is 9.55. The normalized spacial score (nSPS) is 17.2. The predicted molar refractivity (Wildman–Crippen MR) is 129 cm³/mol. The summed E-state index contributed by atoms with van der Waals surface area (Å²) in [4.78, 5) is 10.9. The predicted octanol–water partition coefficient (Wildman–Crippen LogP) is 7.24. The minimum Gasteiger partial charge on any atom is -0.489 e. The summed E-state index contributed by atoms with van der Waals surface area (Å²) in [5.74, 6) is 0.539. The van der Waals surface area contributed by atoms with Crippen LogP contribution >= 0.6 is 0 Å². The van der Waals surface area contributed by atoms with Gasteiger partial charge in [0.25, 0.3) is 0 Å². The summed E-state index contributed by atoms with van der Waals surface area (Å²) in [5, 5.41) is 8.92. The Bertz CT molecular complexity index is 1070. The van der Waals surface area contributed by atoms with Gasteiger partial charge >= 0.3 is 5.97 Å². The zero-order chi connectivity index (χ0) is 22.6. The van der Waals surface area contributed by atoms with E-state index in [1.165, 1.54) is 41.5 Å². The highest BCUT2D eigenvalue weighted by Crippen LogP contribution is 2.51. The van der Waals surface area contributed by atoms with Crippen molar-refractivity contribution in [2.75, 3.05) is 0 Å². The van der Waals surface area contributed by atoms with E-state index >= 15 is 0 Å². The van der Waals surface area contributed by atoms with Crippen molar-refractivity contribution in [3.63, 3.8) is 0 Å². The van der Waals surface area contributed by atoms with Gasteiger partial charge in [-0.15, -0.1) is 0 Å². The number of aryl methyl sites for hydroxylation is 1. The number of aliphatic carboxylic acids is 1. The topological polar surface area (TPSA) is 46.5 Å². The third-order valence-corrected chi connectivity index (χ3v) is 6.76. The fourth-order valence-electron chi connectivity index (χ4n) is 4.98. The maximum Gasteiger partial charge on any atom is 0.303 e. The average molecular weight is 429 g/mol. The fraction of sp³-hybridized carbons (Fsp3) is 0.345. The van der Waals surface area contributed by atoms with E-state index in [4.69, 9.17) is 9.84 Å². The molecule has 4 rings (SSSR count). The molecule has 0 aliphatic heterocycles. The first kappa shape index (κ1) is 22.1. The number of carbonyl (C=O) groups is 1. The van der Waals surface area contributed by atoms with Crippen LogP contribution < -0.4 is 4.74 Å². The van der Waals surface area contributed by atoms with E-state index in [-0.39, 0.29) is 6.42 Å². The van der Waals surface area contributed by atoms with E-state index in [1.807, 2.05) is 24.3 Å². The van der Waals surface area contributed by atoms with Crippen LogP contribution in [0.15, 0.2) is 72.8 Å². The Morgan fingerprint density at radius 1 is 1.00 bits per heavy atom. The molecule has 1 aliphatic rings. The molecule has 3 aromatic rings. The summed E-state index contributed by atoms with van der Waals surface area (Å²) < 4.78 is 6.11. The van der Waals surface area contributed by atoms with Gasteiger partial charge in [0.05, 0.1) is 0 Å². The van der Waals surface area contributed by atoms with Crippen molar-refractivity contribution in [2.24, 2.45) is 5.41 Å². The third kappa shape index (κ3) is 5.21. The molecule has 0 saturated heterocycles. The Balaban J connectivity index is 1.57. The van der Waals surface area contributed by atoms with Crippen molar-refractivity contribution >= 4 is 5.97 Å². The molecule has 1 fully saturated rings. The third-order valence-electron chi connectivity index (χ3n) is 6.76. The zero-order valence-corrected chi connectivity index (χ0v) is 19.0. The van der Waals surface area contributed by atoms with Gasteiger partial charge in [0.15, 0.2) is 0 Å². The summed E-state index contributed by atoms with van der Waals surface area (Å²) in [6.07, 6.45) is 4.40. The number of hydrogen-bond acceptors (Lipinski definition) is 2. The van der Waals surface area contributed by atoms with Crippen LogP contribution in [-0.2, 0) is 17.8 Å². The van der Waals surface area contributed by atoms with Gasteiger partial charge in [-0.25, -0.2) is 0 Å². The van der Waals surface area contributed by atoms with E-state index in [0.29, 0.717) is 24.4 Å². The molecular formula is C29H32O3. The molecule has 1 saturated carbocycles. The summed E-state index contributed by atoms with van der Waals surface area (Å²) in [7, 11) is 0. The van der Waals surface area contributed by atoms with Crippen molar-refractivity contribution in [2.45, 2.75) is 58.5 Å². The molecule has 32 heavy (non-hydrogen) atoms. The minimum atomic E-state index is -0.780. The summed E-state index contributed by atoms with van der Waals surface area (Å²) in [6, 6.07) is 25.2. The molecule has 0 amide bonds. The second kappa shape index (κ2) is 9.60. The fourth-order valence-corrected chi connectivity index (χ4v) is 4.98. The molecule has 3 nitrogen and oxygen atoms in total. The molecule has 166 valence electrons. The van der Waals surface area contributed by atoms with E-state index < -0.39 is 5.97 Å². The van der Waals surface area contributed by atoms with Crippen LogP contribution in [0.25, 0.3) is 11.1 Å². The van der Waals surface area contributed by atoms with Crippen LogP contribution in [0.3, 0.4) is 0 Å². The number of benzene rings is 3. The van der Waals surface area contributed by atoms with Crippen molar-refractivity contribution < 1.29 is 14.6 Å². The monoisotopic (exact) mass is 428 g/mol. The molecule has 1 N–H and O–H groups in total. The van der Waals surface area contributed by atoms with Gasteiger partial charge in [0, 0.05) is 6.42 Å². The molecule has 3 aromatic carbocycles. The van der Waals surface area contributed by atoms with Crippen molar-refractivity contribution in [1.29, 1.82) is 0 Å². The summed E-state index contributed by atoms with van der Waals surface area (Å²) in [6.45, 7) is 5.29. The Kier molecular flexibility index (Phi) is 6.64. The first-order chi connectivity index (χ1) is 15.4. The second-order valence-corrected chi connectivity index (χ2v) is 9.55. The smallest absolute Gasteiger partial charge is 0.303 e.